The molecule has 0 aromatic rings. The van der Waals surface area contributed by atoms with Crippen molar-refractivity contribution in [1.82, 2.24) is 0 Å². The van der Waals surface area contributed by atoms with Gasteiger partial charge in [0, 0.05) is 0 Å². The molecule has 2 aliphatic carbocycles. The normalized spacial score (nSPS) is 38.6. The first-order chi connectivity index (χ1) is 5.24. The van der Waals surface area contributed by atoms with E-state index in [0.717, 1.165) is 5.70 Å². The molecule has 2 nitrogen and oxygen atoms in total. The highest BCUT2D eigenvalue weighted by Gasteiger charge is 2.47. The lowest BCUT2D eigenvalue weighted by molar-refractivity contribution is 0.564. The maximum Gasteiger partial charge on any atom is 0.240 e. The van der Waals surface area contributed by atoms with Crippen molar-refractivity contribution >= 4 is 6.08 Å². The second kappa shape index (κ2) is 1.93. The molecule has 2 heteroatoms. The Morgan fingerprint density at radius 2 is 2.64 bits per heavy atom. The zero-order valence-electron chi connectivity index (χ0n) is 6.37. The first-order valence-electron chi connectivity index (χ1n) is 3.73. The standard InChI is InChI=1S/C9H9NO/c1-9-3-2-8(10-6-11)4-7(9)5-9/h2-4,7H,5H2,1H3. The number of aliphatic imine (C=N–C) groups is 1. The molecule has 0 N–H and O–H groups in total. The highest BCUT2D eigenvalue weighted by molar-refractivity contribution is 5.43. The van der Waals surface area contributed by atoms with Gasteiger partial charge in [0.2, 0.25) is 6.08 Å². The van der Waals surface area contributed by atoms with Gasteiger partial charge in [0.05, 0.1) is 5.70 Å². The molecule has 2 unspecified atom stereocenters. The summed E-state index contributed by atoms with van der Waals surface area (Å²) in [5.41, 5.74) is 1.14. The fourth-order valence-electron chi connectivity index (χ4n) is 1.52. The number of nitrogens with zero attached hydrogens (tertiary/aromatic N) is 1. The lowest BCUT2D eigenvalue weighted by atomic mass is 10.0. The summed E-state index contributed by atoms with van der Waals surface area (Å²) in [6, 6.07) is 0. The third-order valence-electron chi connectivity index (χ3n) is 2.53. The molecule has 1 fully saturated rings. The van der Waals surface area contributed by atoms with E-state index in [-0.39, 0.29) is 0 Å². The van der Waals surface area contributed by atoms with E-state index < -0.39 is 0 Å². The van der Waals surface area contributed by atoms with Crippen molar-refractivity contribution in [1.29, 1.82) is 0 Å². The largest absolute Gasteiger partial charge is 0.240 e. The topological polar surface area (TPSA) is 29.4 Å². The Kier molecular flexibility index (Phi) is 1.15. The van der Waals surface area contributed by atoms with Crippen LogP contribution in [0, 0.1) is 11.3 Å². The smallest absolute Gasteiger partial charge is 0.211 e. The predicted octanol–water partition coefficient (Wildman–Crippen LogP) is 1.80. The molecule has 0 aromatic carbocycles. The second-order valence-electron chi connectivity index (χ2n) is 3.44. The summed E-state index contributed by atoms with van der Waals surface area (Å²) in [4.78, 5) is 13.5. The van der Waals surface area contributed by atoms with Crippen molar-refractivity contribution in [3.05, 3.63) is 23.9 Å². The number of isocyanates is 1. The number of hydrogen-bond donors (Lipinski definition) is 0. The Labute approximate surface area is 65.3 Å². The molecule has 0 saturated heterocycles. The minimum atomic E-state index is 0.377. The number of fused-ring (bicyclic) bond motifs is 1. The summed E-state index contributed by atoms with van der Waals surface area (Å²) in [5, 5.41) is 0. The average molecular weight is 147 g/mol. The molecule has 0 spiro atoms. The van der Waals surface area contributed by atoms with Crippen LogP contribution in [0.1, 0.15) is 13.3 Å². The first-order valence-corrected chi connectivity index (χ1v) is 3.73. The molecule has 0 radical (unpaired) electrons. The van der Waals surface area contributed by atoms with Crippen molar-refractivity contribution < 1.29 is 4.79 Å². The summed E-state index contributed by atoms with van der Waals surface area (Å²) < 4.78 is 0. The zero-order chi connectivity index (χ0) is 7.90. The van der Waals surface area contributed by atoms with Crippen molar-refractivity contribution in [3.8, 4) is 0 Å². The highest BCUT2D eigenvalue weighted by Crippen LogP contribution is 2.56. The number of allylic oxidation sites excluding steroid dienone is 3. The van der Waals surface area contributed by atoms with Gasteiger partial charge in [-0.2, -0.15) is 4.99 Å². The molecule has 0 heterocycles. The molecular formula is C9H9NO. The van der Waals surface area contributed by atoms with E-state index in [0.29, 0.717) is 11.3 Å². The van der Waals surface area contributed by atoms with E-state index >= 15 is 0 Å². The number of hydrogen-bond acceptors (Lipinski definition) is 2. The van der Waals surface area contributed by atoms with Crippen LogP contribution in [0.3, 0.4) is 0 Å². The Bertz CT molecular complexity index is 297. The van der Waals surface area contributed by atoms with Crippen LogP contribution in [0.2, 0.25) is 0 Å². The van der Waals surface area contributed by atoms with Gasteiger partial charge in [-0.15, -0.1) is 0 Å². The van der Waals surface area contributed by atoms with Crippen LogP contribution in [-0.4, -0.2) is 6.08 Å². The third kappa shape index (κ3) is 0.958. The van der Waals surface area contributed by atoms with Crippen LogP contribution >= 0.6 is 0 Å². The van der Waals surface area contributed by atoms with E-state index in [1.165, 1.54) is 6.42 Å². The van der Waals surface area contributed by atoms with E-state index in [2.05, 4.69) is 18.0 Å². The van der Waals surface area contributed by atoms with Gasteiger partial charge in [0.25, 0.3) is 0 Å². The first kappa shape index (κ1) is 6.56. The lowest BCUT2D eigenvalue weighted by Gasteiger charge is -2.06. The fourth-order valence-corrected chi connectivity index (χ4v) is 1.52. The zero-order valence-corrected chi connectivity index (χ0v) is 6.37. The maximum absolute atomic E-state index is 9.91. The third-order valence-corrected chi connectivity index (χ3v) is 2.53. The molecule has 2 rings (SSSR count). The number of rotatable bonds is 1. The minimum Gasteiger partial charge on any atom is -0.211 e. The van der Waals surface area contributed by atoms with Crippen LogP contribution in [0.15, 0.2) is 28.9 Å². The fraction of sp³-hybridized carbons (Fsp3) is 0.444. The average Bonchev–Trinajstić information content (AvgIpc) is 2.61. The molecule has 0 aromatic heterocycles. The summed E-state index contributed by atoms with van der Waals surface area (Å²) >= 11 is 0. The number of carbonyl (C=O) groups excluding carboxylic acids is 1. The minimum absolute atomic E-state index is 0.377. The molecular weight excluding hydrogens is 138 g/mol. The van der Waals surface area contributed by atoms with Gasteiger partial charge in [-0.25, -0.2) is 4.79 Å². The summed E-state index contributed by atoms with van der Waals surface area (Å²) in [6.45, 7) is 2.21. The molecule has 0 aliphatic heterocycles. The van der Waals surface area contributed by atoms with Gasteiger partial charge < -0.3 is 0 Å². The van der Waals surface area contributed by atoms with Gasteiger partial charge in [-0.1, -0.05) is 19.1 Å². The van der Waals surface area contributed by atoms with Crippen LogP contribution < -0.4 is 0 Å². The van der Waals surface area contributed by atoms with Crippen molar-refractivity contribution in [2.24, 2.45) is 16.3 Å². The lowest BCUT2D eigenvalue weighted by Crippen LogP contribution is -1.95. The molecule has 2 atom stereocenters. The molecule has 0 bridgehead atoms. The van der Waals surface area contributed by atoms with Gasteiger partial charge >= 0.3 is 0 Å². The van der Waals surface area contributed by atoms with Crippen molar-refractivity contribution in [2.45, 2.75) is 13.3 Å². The maximum atomic E-state index is 9.91. The summed E-state index contributed by atoms with van der Waals surface area (Å²) in [7, 11) is 0. The van der Waals surface area contributed by atoms with Crippen molar-refractivity contribution in [3.63, 3.8) is 0 Å². The van der Waals surface area contributed by atoms with Gasteiger partial charge in [-0.3, -0.25) is 0 Å². The summed E-state index contributed by atoms with van der Waals surface area (Å²) in [6.07, 6.45) is 8.82. The molecule has 2 aliphatic rings. The van der Waals surface area contributed by atoms with E-state index in [4.69, 9.17) is 0 Å². The molecule has 11 heavy (non-hydrogen) atoms. The van der Waals surface area contributed by atoms with Crippen LogP contribution in [-0.2, 0) is 4.79 Å². The second-order valence-corrected chi connectivity index (χ2v) is 3.44. The van der Waals surface area contributed by atoms with Crippen LogP contribution in [0.4, 0.5) is 0 Å². The van der Waals surface area contributed by atoms with E-state index in [1.807, 2.05) is 12.2 Å². The predicted molar refractivity (Wildman–Crippen MR) is 41.6 cm³/mol. The van der Waals surface area contributed by atoms with E-state index in [1.54, 1.807) is 6.08 Å². The quantitative estimate of drug-likeness (QED) is 0.410. The Morgan fingerprint density at radius 1 is 1.82 bits per heavy atom. The van der Waals surface area contributed by atoms with Crippen molar-refractivity contribution in [2.75, 3.05) is 0 Å². The SMILES string of the molecule is CC12C=CC(N=C=O)=CC1C2. The molecule has 56 valence electrons. The van der Waals surface area contributed by atoms with Gasteiger partial charge in [0.15, 0.2) is 0 Å². The molecule has 1 saturated carbocycles. The van der Waals surface area contributed by atoms with Crippen LogP contribution in [0.5, 0.6) is 0 Å². The Morgan fingerprint density at radius 3 is 3.27 bits per heavy atom. The highest BCUT2D eigenvalue weighted by atomic mass is 16.1. The monoisotopic (exact) mass is 147 g/mol. The Hall–Kier alpha value is -1.14. The van der Waals surface area contributed by atoms with E-state index in [9.17, 15) is 4.79 Å². The molecule has 0 amide bonds. The van der Waals surface area contributed by atoms with Gasteiger partial charge in [0.1, 0.15) is 0 Å². The summed E-state index contributed by atoms with van der Waals surface area (Å²) in [5.74, 6) is 0.611. The van der Waals surface area contributed by atoms with Crippen LogP contribution in [0.25, 0.3) is 0 Å². The Balaban J connectivity index is 2.25. The van der Waals surface area contributed by atoms with Gasteiger partial charge in [-0.05, 0) is 23.8 Å².